The summed E-state index contributed by atoms with van der Waals surface area (Å²) >= 11 is 0. The molecule has 0 aromatic heterocycles. The van der Waals surface area contributed by atoms with Gasteiger partial charge in [0.1, 0.15) is 0 Å². The Morgan fingerprint density at radius 2 is 1.58 bits per heavy atom. The highest BCUT2D eigenvalue weighted by atomic mass is 16.5. The lowest BCUT2D eigenvalue weighted by atomic mass is 10.2. The molecule has 1 amide bonds. The summed E-state index contributed by atoms with van der Waals surface area (Å²) in [6, 6.07) is 19.3. The number of ether oxygens (including phenoxy) is 1. The molecule has 0 bridgehead atoms. The van der Waals surface area contributed by atoms with Gasteiger partial charge in [0.25, 0.3) is 5.91 Å². The lowest BCUT2D eigenvalue weighted by molar-refractivity contribution is 0.00206. The highest BCUT2D eigenvalue weighted by Crippen LogP contribution is 2.09. The van der Waals surface area contributed by atoms with Crippen molar-refractivity contribution in [1.82, 2.24) is 9.80 Å². The van der Waals surface area contributed by atoms with Crippen LogP contribution in [0.4, 0.5) is 0 Å². The molecular formula is C21H26N2O3. The highest BCUT2D eigenvalue weighted by Gasteiger charge is 2.23. The van der Waals surface area contributed by atoms with Gasteiger partial charge in [-0.2, -0.15) is 0 Å². The van der Waals surface area contributed by atoms with E-state index in [2.05, 4.69) is 4.90 Å². The maximum Gasteiger partial charge on any atom is 0.253 e. The first-order valence-electron chi connectivity index (χ1n) is 9.09. The molecule has 1 aliphatic heterocycles. The Balaban J connectivity index is 1.36. The van der Waals surface area contributed by atoms with Crippen LogP contribution in [0.3, 0.4) is 0 Å². The number of rotatable bonds is 7. The Kier molecular flexibility index (Phi) is 6.77. The highest BCUT2D eigenvalue weighted by molar-refractivity contribution is 5.94. The van der Waals surface area contributed by atoms with Crippen molar-refractivity contribution in [3.63, 3.8) is 0 Å². The van der Waals surface area contributed by atoms with Gasteiger partial charge in [0.15, 0.2) is 0 Å². The summed E-state index contributed by atoms with van der Waals surface area (Å²) in [5.74, 6) is 0.0805. The number of nitrogens with zero attached hydrogens (tertiary/aromatic N) is 2. The molecule has 1 heterocycles. The van der Waals surface area contributed by atoms with Crippen LogP contribution in [0, 0.1) is 0 Å². The Bertz CT molecular complexity index is 670. The molecule has 26 heavy (non-hydrogen) atoms. The largest absolute Gasteiger partial charge is 0.389 e. The van der Waals surface area contributed by atoms with Crippen LogP contribution in [0.15, 0.2) is 60.7 Å². The average molecular weight is 354 g/mol. The minimum atomic E-state index is -0.518. The van der Waals surface area contributed by atoms with E-state index in [4.69, 9.17) is 4.74 Å². The predicted molar refractivity (Wildman–Crippen MR) is 101 cm³/mol. The molecule has 1 N–H and O–H groups in total. The quantitative estimate of drug-likeness (QED) is 0.827. The van der Waals surface area contributed by atoms with Gasteiger partial charge in [-0.15, -0.1) is 0 Å². The van der Waals surface area contributed by atoms with E-state index in [1.807, 2.05) is 65.6 Å². The molecule has 1 aliphatic rings. The normalized spacial score (nSPS) is 16.4. The maximum atomic E-state index is 12.4. The van der Waals surface area contributed by atoms with E-state index in [-0.39, 0.29) is 5.91 Å². The second-order valence-electron chi connectivity index (χ2n) is 6.61. The lowest BCUT2D eigenvalue weighted by Crippen LogP contribution is -2.50. The molecule has 1 fully saturated rings. The van der Waals surface area contributed by atoms with Crippen LogP contribution in [0.25, 0.3) is 0 Å². The van der Waals surface area contributed by atoms with Gasteiger partial charge in [-0.25, -0.2) is 0 Å². The summed E-state index contributed by atoms with van der Waals surface area (Å²) in [5.41, 5.74) is 1.84. The molecule has 1 unspecified atom stereocenters. The standard InChI is InChI=1S/C21H26N2O3/c24-20(17-26-16-18-7-3-1-4-8-18)15-22-11-13-23(14-12-22)21(25)19-9-5-2-6-10-19/h1-10,20,24H,11-17H2. The predicted octanol–water partition coefficient (Wildman–Crippen LogP) is 2.02. The van der Waals surface area contributed by atoms with Crippen molar-refractivity contribution < 1.29 is 14.6 Å². The Labute approximate surface area is 154 Å². The molecule has 2 aromatic rings. The average Bonchev–Trinajstić information content (AvgIpc) is 2.69. The molecule has 0 aliphatic carbocycles. The number of carbonyl (C=O) groups excluding carboxylic acids is 1. The minimum Gasteiger partial charge on any atom is -0.389 e. The van der Waals surface area contributed by atoms with Gasteiger partial charge in [0.2, 0.25) is 0 Å². The third-order valence-corrected chi connectivity index (χ3v) is 4.57. The van der Waals surface area contributed by atoms with Crippen molar-refractivity contribution in [2.75, 3.05) is 39.3 Å². The van der Waals surface area contributed by atoms with E-state index < -0.39 is 6.10 Å². The summed E-state index contributed by atoms with van der Waals surface area (Å²) < 4.78 is 5.60. The number of hydrogen-bond donors (Lipinski definition) is 1. The topological polar surface area (TPSA) is 53.0 Å². The maximum absolute atomic E-state index is 12.4. The molecule has 138 valence electrons. The molecule has 3 rings (SSSR count). The van der Waals surface area contributed by atoms with Gasteiger partial charge >= 0.3 is 0 Å². The number of benzene rings is 2. The number of hydrogen-bond acceptors (Lipinski definition) is 4. The van der Waals surface area contributed by atoms with Crippen molar-refractivity contribution in [2.24, 2.45) is 0 Å². The van der Waals surface area contributed by atoms with Gasteiger partial charge in [0.05, 0.1) is 19.3 Å². The Morgan fingerprint density at radius 3 is 2.23 bits per heavy atom. The molecule has 0 saturated carbocycles. The van der Waals surface area contributed by atoms with Gasteiger partial charge in [-0.05, 0) is 17.7 Å². The first kappa shape index (κ1) is 18.6. The fraction of sp³-hybridized carbons (Fsp3) is 0.381. The zero-order valence-corrected chi connectivity index (χ0v) is 15.0. The summed E-state index contributed by atoms with van der Waals surface area (Å²) in [6.45, 7) is 4.32. The second kappa shape index (κ2) is 9.48. The second-order valence-corrected chi connectivity index (χ2v) is 6.61. The third-order valence-electron chi connectivity index (χ3n) is 4.57. The van der Waals surface area contributed by atoms with E-state index in [9.17, 15) is 9.90 Å². The van der Waals surface area contributed by atoms with Gasteiger partial charge < -0.3 is 14.7 Å². The van der Waals surface area contributed by atoms with E-state index in [1.165, 1.54) is 0 Å². The van der Waals surface area contributed by atoms with Crippen LogP contribution in [0.1, 0.15) is 15.9 Å². The Hall–Kier alpha value is -2.21. The van der Waals surface area contributed by atoms with Crippen molar-refractivity contribution >= 4 is 5.91 Å². The van der Waals surface area contributed by atoms with E-state index in [1.54, 1.807) is 0 Å². The van der Waals surface area contributed by atoms with Crippen molar-refractivity contribution in [1.29, 1.82) is 0 Å². The molecule has 0 spiro atoms. The summed E-state index contributed by atoms with van der Waals surface area (Å²) in [4.78, 5) is 16.5. The molecule has 5 nitrogen and oxygen atoms in total. The van der Waals surface area contributed by atoms with Crippen LogP contribution < -0.4 is 0 Å². The van der Waals surface area contributed by atoms with E-state index in [0.29, 0.717) is 32.8 Å². The fourth-order valence-corrected chi connectivity index (χ4v) is 3.13. The third kappa shape index (κ3) is 5.39. The SMILES string of the molecule is O=C(c1ccccc1)N1CCN(CC(O)COCc2ccccc2)CC1. The number of carbonyl (C=O) groups is 1. The molecule has 1 saturated heterocycles. The van der Waals surface area contributed by atoms with Crippen LogP contribution in [-0.4, -0.2) is 66.2 Å². The van der Waals surface area contributed by atoms with E-state index in [0.717, 1.165) is 24.2 Å². The molecule has 1 atom stereocenters. The summed E-state index contributed by atoms with van der Waals surface area (Å²) in [5, 5.41) is 10.2. The zero-order valence-electron chi connectivity index (χ0n) is 15.0. The fourth-order valence-electron chi connectivity index (χ4n) is 3.13. The van der Waals surface area contributed by atoms with Crippen LogP contribution >= 0.6 is 0 Å². The summed E-state index contributed by atoms with van der Waals surface area (Å²) in [7, 11) is 0. The van der Waals surface area contributed by atoms with Crippen molar-refractivity contribution in [3.8, 4) is 0 Å². The van der Waals surface area contributed by atoms with Gasteiger partial charge in [-0.1, -0.05) is 48.5 Å². The number of aliphatic hydroxyl groups excluding tert-OH is 1. The van der Waals surface area contributed by atoms with Crippen LogP contribution in [0.2, 0.25) is 0 Å². The van der Waals surface area contributed by atoms with Crippen LogP contribution in [-0.2, 0) is 11.3 Å². The molecule has 2 aromatic carbocycles. The zero-order chi connectivity index (χ0) is 18.2. The first-order valence-corrected chi connectivity index (χ1v) is 9.09. The van der Waals surface area contributed by atoms with Crippen molar-refractivity contribution in [2.45, 2.75) is 12.7 Å². The minimum absolute atomic E-state index is 0.0805. The van der Waals surface area contributed by atoms with E-state index >= 15 is 0 Å². The van der Waals surface area contributed by atoms with Gasteiger partial charge in [0, 0.05) is 38.3 Å². The Morgan fingerprint density at radius 1 is 0.962 bits per heavy atom. The first-order chi connectivity index (χ1) is 12.7. The smallest absolute Gasteiger partial charge is 0.253 e. The number of β-amino-alcohol motifs (C(OH)–C–C–N with tert-alkyl or cyclic N) is 1. The number of amides is 1. The molecular weight excluding hydrogens is 328 g/mol. The molecule has 0 radical (unpaired) electrons. The van der Waals surface area contributed by atoms with Gasteiger partial charge in [-0.3, -0.25) is 9.69 Å². The summed E-state index contributed by atoms with van der Waals surface area (Å²) in [6.07, 6.45) is -0.518. The molecule has 5 heteroatoms. The monoisotopic (exact) mass is 354 g/mol. The number of aliphatic hydroxyl groups is 1. The van der Waals surface area contributed by atoms with Crippen LogP contribution in [0.5, 0.6) is 0 Å². The lowest BCUT2D eigenvalue weighted by Gasteiger charge is -2.35. The van der Waals surface area contributed by atoms with Crippen molar-refractivity contribution in [3.05, 3.63) is 71.8 Å². The number of piperazine rings is 1.